The Kier molecular flexibility index (Phi) is 4.65. The van der Waals surface area contributed by atoms with Crippen molar-refractivity contribution in [3.8, 4) is 0 Å². The fraction of sp³-hybridized carbons (Fsp3) is 0.400. The average molecular weight is 384 g/mol. The van der Waals surface area contributed by atoms with E-state index in [-0.39, 0.29) is 6.54 Å². The summed E-state index contributed by atoms with van der Waals surface area (Å²) in [4.78, 5) is 35.7. The molecule has 8 heteroatoms. The van der Waals surface area contributed by atoms with Crippen molar-refractivity contribution in [1.29, 1.82) is 0 Å². The van der Waals surface area contributed by atoms with Crippen LogP contribution in [0.3, 0.4) is 0 Å². The first-order valence-electron chi connectivity index (χ1n) is 6.99. The van der Waals surface area contributed by atoms with Crippen molar-refractivity contribution >= 4 is 34.0 Å². The Labute approximate surface area is 142 Å². The molecule has 1 aliphatic heterocycles. The monoisotopic (exact) mass is 383 g/mol. The molecule has 0 spiro atoms. The van der Waals surface area contributed by atoms with Crippen molar-refractivity contribution in [3.63, 3.8) is 0 Å². The molecule has 1 atom stereocenters. The van der Waals surface area contributed by atoms with Gasteiger partial charge in [-0.3, -0.25) is 10.1 Å². The molecular formula is C15H18BrN3O4. The highest BCUT2D eigenvalue weighted by atomic mass is 79.9. The van der Waals surface area contributed by atoms with Gasteiger partial charge in [-0.15, -0.1) is 0 Å². The number of carbonyl (C=O) groups is 3. The fourth-order valence-corrected chi connectivity index (χ4v) is 2.44. The molecule has 1 heterocycles. The number of alkyl carbamates (subject to hydrolysis) is 1. The van der Waals surface area contributed by atoms with Crippen molar-refractivity contribution in [2.75, 3.05) is 6.54 Å². The molecule has 1 aromatic rings. The maximum absolute atomic E-state index is 12.3. The lowest BCUT2D eigenvalue weighted by Gasteiger charge is -2.28. The zero-order valence-electron chi connectivity index (χ0n) is 13.0. The topological polar surface area (TPSA) is 96.5 Å². The summed E-state index contributed by atoms with van der Waals surface area (Å²) in [6.07, 6.45) is -0.664. The molecule has 0 aliphatic carbocycles. The van der Waals surface area contributed by atoms with Gasteiger partial charge in [0.1, 0.15) is 5.60 Å². The maximum Gasteiger partial charge on any atom is 0.407 e. The van der Waals surface area contributed by atoms with E-state index in [1.165, 1.54) is 0 Å². The summed E-state index contributed by atoms with van der Waals surface area (Å²) in [5, 5.41) is 7.32. The molecule has 124 valence electrons. The van der Waals surface area contributed by atoms with E-state index in [4.69, 9.17) is 4.74 Å². The lowest BCUT2D eigenvalue weighted by Crippen LogP contribution is -2.53. The van der Waals surface area contributed by atoms with E-state index in [0.29, 0.717) is 5.56 Å². The van der Waals surface area contributed by atoms with Gasteiger partial charge in [0.2, 0.25) is 0 Å². The Balaban J connectivity index is 2.22. The highest BCUT2D eigenvalue weighted by Crippen LogP contribution is 2.26. The smallest absolute Gasteiger partial charge is 0.407 e. The minimum absolute atomic E-state index is 0.124. The second-order valence-corrected chi connectivity index (χ2v) is 7.09. The second-order valence-electron chi connectivity index (χ2n) is 6.18. The summed E-state index contributed by atoms with van der Waals surface area (Å²) in [7, 11) is 0. The fourth-order valence-electron chi connectivity index (χ4n) is 2.17. The van der Waals surface area contributed by atoms with Crippen molar-refractivity contribution in [2.24, 2.45) is 0 Å². The first-order chi connectivity index (χ1) is 10.6. The normalized spacial score (nSPS) is 20.7. The van der Waals surface area contributed by atoms with E-state index in [1.54, 1.807) is 45.0 Å². The number of halogens is 1. The third-order valence-electron chi connectivity index (χ3n) is 3.18. The number of amides is 4. The average Bonchev–Trinajstić information content (AvgIpc) is 2.71. The van der Waals surface area contributed by atoms with E-state index >= 15 is 0 Å². The van der Waals surface area contributed by atoms with Crippen LogP contribution in [0.1, 0.15) is 26.3 Å². The molecule has 23 heavy (non-hydrogen) atoms. The van der Waals surface area contributed by atoms with Gasteiger partial charge in [-0.25, -0.2) is 9.59 Å². The van der Waals surface area contributed by atoms with Crippen LogP contribution in [-0.2, 0) is 15.1 Å². The molecule has 7 nitrogen and oxygen atoms in total. The van der Waals surface area contributed by atoms with Gasteiger partial charge < -0.3 is 15.4 Å². The molecule has 1 saturated heterocycles. The van der Waals surface area contributed by atoms with Gasteiger partial charge in [-0.2, -0.15) is 0 Å². The third-order valence-corrected chi connectivity index (χ3v) is 3.70. The number of ether oxygens (including phenoxy) is 1. The minimum Gasteiger partial charge on any atom is -0.444 e. The van der Waals surface area contributed by atoms with Crippen LogP contribution >= 0.6 is 15.9 Å². The van der Waals surface area contributed by atoms with Gasteiger partial charge in [0.25, 0.3) is 5.91 Å². The Morgan fingerprint density at radius 2 is 1.87 bits per heavy atom. The molecule has 1 aromatic carbocycles. The molecule has 2 rings (SSSR count). The predicted molar refractivity (Wildman–Crippen MR) is 86.7 cm³/mol. The molecule has 0 aromatic heterocycles. The Hall–Kier alpha value is -2.09. The van der Waals surface area contributed by atoms with E-state index in [0.717, 1.165) is 4.47 Å². The number of urea groups is 1. The highest BCUT2D eigenvalue weighted by molar-refractivity contribution is 9.10. The predicted octanol–water partition coefficient (Wildman–Crippen LogP) is 2.01. The van der Waals surface area contributed by atoms with Crippen LogP contribution in [0.25, 0.3) is 0 Å². The minimum atomic E-state index is -1.37. The maximum atomic E-state index is 12.3. The van der Waals surface area contributed by atoms with E-state index in [2.05, 4.69) is 31.9 Å². The number of hydrogen-bond donors (Lipinski definition) is 3. The number of nitrogens with one attached hydrogen (secondary N) is 3. The van der Waals surface area contributed by atoms with Crippen molar-refractivity contribution in [3.05, 3.63) is 34.3 Å². The van der Waals surface area contributed by atoms with Crippen LogP contribution in [0.15, 0.2) is 28.7 Å². The molecule has 0 radical (unpaired) electrons. The number of rotatable bonds is 3. The lowest BCUT2D eigenvalue weighted by atomic mass is 9.90. The molecule has 0 unspecified atom stereocenters. The SMILES string of the molecule is CC(C)(C)OC(=O)NC[C@@]1(c2ccc(Br)cc2)NC(=O)NC1=O. The number of benzene rings is 1. The summed E-state index contributed by atoms with van der Waals surface area (Å²) < 4.78 is 5.99. The lowest BCUT2D eigenvalue weighted by molar-refractivity contribution is -0.124. The molecule has 0 saturated carbocycles. The number of carbonyl (C=O) groups excluding carboxylic acids is 3. The van der Waals surface area contributed by atoms with Crippen molar-refractivity contribution < 1.29 is 19.1 Å². The summed E-state index contributed by atoms with van der Waals surface area (Å²) in [6.45, 7) is 5.09. The second kappa shape index (κ2) is 6.19. The zero-order valence-corrected chi connectivity index (χ0v) is 14.6. The first kappa shape index (κ1) is 17.3. The summed E-state index contributed by atoms with van der Waals surface area (Å²) >= 11 is 3.32. The van der Waals surface area contributed by atoms with E-state index in [1.807, 2.05) is 0 Å². The molecule has 0 bridgehead atoms. The molecule has 3 N–H and O–H groups in total. The van der Waals surface area contributed by atoms with Crippen LogP contribution in [0.5, 0.6) is 0 Å². The zero-order chi connectivity index (χ0) is 17.3. The Morgan fingerprint density at radius 1 is 1.26 bits per heavy atom. The molecular weight excluding hydrogens is 366 g/mol. The van der Waals surface area contributed by atoms with Crippen LogP contribution in [-0.4, -0.2) is 30.2 Å². The van der Waals surface area contributed by atoms with Crippen molar-refractivity contribution in [2.45, 2.75) is 31.9 Å². The van der Waals surface area contributed by atoms with Gasteiger partial charge in [-0.05, 0) is 38.5 Å². The van der Waals surface area contributed by atoms with E-state index in [9.17, 15) is 14.4 Å². The molecule has 1 fully saturated rings. The Morgan fingerprint density at radius 3 is 2.35 bits per heavy atom. The van der Waals surface area contributed by atoms with Crippen molar-refractivity contribution in [1.82, 2.24) is 16.0 Å². The standard InChI is InChI=1S/C15H18BrN3O4/c1-14(2,3)23-13(22)17-8-15(11(20)18-12(21)19-15)9-4-6-10(16)7-5-9/h4-7H,8H2,1-3H3,(H,17,22)(H2,18,19,20,21)/t15-/m0/s1. The van der Waals surface area contributed by atoms with Gasteiger partial charge in [0.15, 0.2) is 5.54 Å². The van der Waals surface area contributed by atoms with Crippen LogP contribution in [0.2, 0.25) is 0 Å². The van der Waals surface area contributed by atoms with Gasteiger partial charge in [0, 0.05) is 4.47 Å². The van der Waals surface area contributed by atoms with Crippen LogP contribution in [0, 0.1) is 0 Å². The van der Waals surface area contributed by atoms with Gasteiger partial charge >= 0.3 is 12.1 Å². The highest BCUT2D eigenvalue weighted by Gasteiger charge is 2.48. The summed E-state index contributed by atoms with van der Waals surface area (Å²) in [6, 6.07) is 6.30. The van der Waals surface area contributed by atoms with E-state index < -0.39 is 29.2 Å². The summed E-state index contributed by atoms with van der Waals surface area (Å²) in [5.41, 5.74) is -1.47. The third kappa shape index (κ3) is 4.01. The molecule has 1 aliphatic rings. The van der Waals surface area contributed by atoms with Gasteiger partial charge in [-0.1, -0.05) is 28.1 Å². The quantitative estimate of drug-likeness (QED) is 0.695. The Bertz CT molecular complexity index is 639. The first-order valence-corrected chi connectivity index (χ1v) is 7.78. The number of hydrogen-bond acceptors (Lipinski definition) is 4. The largest absolute Gasteiger partial charge is 0.444 e. The van der Waals surface area contributed by atoms with Crippen LogP contribution < -0.4 is 16.0 Å². The van der Waals surface area contributed by atoms with Crippen LogP contribution in [0.4, 0.5) is 9.59 Å². The van der Waals surface area contributed by atoms with Gasteiger partial charge in [0.05, 0.1) is 6.54 Å². The number of imide groups is 1. The molecule has 4 amide bonds. The summed E-state index contributed by atoms with van der Waals surface area (Å²) in [5.74, 6) is -0.527.